The van der Waals surface area contributed by atoms with Crippen LogP contribution in [0.3, 0.4) is 0 Å². The van der Waals surface area contributed by atoms with Crippen LogP contribution in [0.1, 0.15) is 6.92 Å². The zero-order valence-corrected chi connectivity index (χ0v) is 5.40. The van der Waals surface area contributed by atoms with Gasteiger partial charge in [-0.1, -0.05) is 0 Å². The number of rotatable bonds is 1. The first-order valence-corrected chi connectivity index (χ1v) is 2.48. The summed E-state index contributed by atoms with van der Waals surface area (Å²) in [5.41, 5.74) is 4.39. The smallest absolute Gasteiger partial charge is 0.144 e. The Kier molecular flexibility index (Phi) is 12.6. The molecule has 0 radical (unpaired) electrons. The average Bonchev–Trinajstić information content (AvgIpc) is 1.69. The first-order valence-electron chi connectivity index (χ1n) is 1.95. The molecular weight excluding hydrogens is 128 g/mol. The number of carbonyl (C=O) groups excluding carboxylic acids is 1. The number of hydrogen-bond donors (Lipinski definition) is 2. The quantitative estimate of drug-likeness (QED) is 0.311. The summed E-state index contributed by atoms with van der Waals surface area (Å²) >= 11 is 4.99. The topological polar surface area (TPSA) is 66.9 Å². The molecule has 0 bridgehead atoms. The van der Waals surface area contributed by atoms with Gasteiger partial charge in [0, 0.05) is 0 Å². The van der Waals surface area contributed by atoms with Crippen LogP contribution in [-0.4, -0.2) is 18.0 Å². The lowest BCUT2D eigenvalue weighted by molar-refractivity contribution is -0.114. The zero-order chi connectivity index (χ0) is 6.99. The molecule has 0 saturated heterocycles. The van der Waals surface area contributed by atoms with Gasteiger partial charge in [0.25, 0.3) is 0 Å². The highest BCUT2D eigenvalue weighted by Crippen LogP contribution is 1.71. The molecule has 0 rings (SSSR count). The Morgan fingerprint density at radius 1 is 2.00 bits per heavy atom. The van der Waals surface area contributed by atoms with Gasteiger partial charge in [-0.3, -0.25) is 10.2 Å². The Hall–Kier alpha value is -0.570. The van der Waals surface area contributed by atoms with E-state index >= 15 is 0 Å². The number of nitrogens with two attached hydrogens (primary N) is 1. The van der Waals surface area contributed by atoms with E-state index < -0.39 is 0 Å². The Bertz CT molecular complexity index is 74.4. The number of alkyl halides is 1. The monoisotopic (exact) mass is 136 g/mol. The maximum absolute atomic E-state index is 9.68. The highest BCUT2D eigenvalue weighted by molar-refractivity contribution is 6.27. The fourth-order valence-corrected chi connectivity index (χ4v) is 0. The summed E-state index contributed by atoms with van der Waals surface area (Å²) in [5, 5.41) is 5.86. The van der Waals surface area contributed by atoms with Crippen molar-refractivity contribution in [3.63, 3.8) is 0 Å². The van der Waals surface area contributed by atoms with Crippen molar-refractivity contribution >= 4 is 23.7 Å². The van der Waals surface area contributed by atoms with E-state index in [1.807, 2.05) is 0 Å². The second-order valence-electron chi connectivity index (χ2n) is 1.00. The second-order valence-corrected chi connectivity index (χ2v) is 1.27. The van der Waals surface area contributed by atoms with Crippen LogP contribution >= 0.6 is 11.6 Å². The number of hydrogen-bond acceptors (Lipinski definition) is 2. The summed E-state index contributed by atoms with van der Waals surface area (Å²) in [6, 6.07) is 0. The Labute approximate surface area is 53.3 Å². The van der Waals surface area contributed by atoms with Gasteiger partial charge in [-0.2, -0.15) is 0 Å². The molecule has 0 amide bonds. The summed E-state index contributed by atoms with van der Waals surface area (Å²) in [6.45, 7) is 1.45. The molecule has 0 atom stereocenters. The van der Waals surface area contributed by atoms with Crippen molar-refractivity contribution in [1.29, 1.82) is 5.41 Å². The molecule has 0 unspecified atom stereocenters. The lowest BCUT2D eigenvalue weighted by Gasteiger charge is -1.69. The van der Waals surface area contributed by atoms with Crippen LogP contribution < -0.4 is 5.73 Å². The fourth-order valence-electron chi connectivity index (χ4n) is 0. The van der Waals surface area contributed by atoms with Crippen LogP contribution in [-0.2, 0) is 4.79 Å². The maximum Gasteiger partial charge on any atom is 0.144 e. The van der Waals surface area contributed by atoms with Gasteiger partial charge < -0.3 is 5.73 Å². The van der Waals surface area contributed by atoms with Crippen molar-refractivity contribution in [2.75, 3.05) is 5.88 Å². The first-order chi connectivity index (χ1) is 3.68. The molecule has 0 heterocycles. The summed E-state index contributed by atoms with van der Waals surface area (Å²) < 4.78 is 0. The van der Waals surface area contributed by atoms with E-state index in [2.05, 4.69) is 5.73 Å². The number of ketones is 1. The third kappa shape index (κ3) is 52.1. The predicted molar refractivity (Wildman–Crippen MR) is 34.4 cm³/mol. The third-order valence-electron chi connectivity index (χ3n) is 0.188. The maximum atomic E-state index is 9.68. The van der Waals surface area contributed by atoms with E-state index in [1.54, 1.807) is 0 Å². The molecule has 0 aliphatic rings. The Morgan fingerprint density at radius 2 is 2.12 bits per heavy atom. The lowest BCUT2D eigenvalue weighted by Crippen LogP contribution is -1.86. The van der Waals surface area contributed by atoms with Gasteiger partial charge in [0.15, 0.2) is 0 Å². The normalized spacial score (nSPS) is 6.25. The fraction of sp³-hybridized carbons (Fsp3) is 0.500. The predicted octanol–water partition coefficient (Wildman–Crippen LogP) is 0.366. The van der Waals surface area contributed by atoms with E-state index in [0.29, 0.717) is 0 Å². The molecule has 8 heavy (non-hydrogen) atoms. The second kappa shape index (κ2) is 9.66. The molecule has 0 aromatic heterocycles. The zero-order valence-electron chi connectivity index (χ0n) is 4.65. The molecule has 0 fully saturated rings. The Morgan fingerprint density at radius 3 is 2.12 bits per heavy atom. The lowest BCUT2D eigenvalue weighted by atomic mass is 10.5. The number of carbonyl (C=O) groups is 1. The SMILES string of the molecule is CC(=O)CCl.N=CN. The van der Waals surface area contributed by atoms with E-state index in [-0.39, 0.29) is 11.7 Å². The van der Waals surface area contributed by atoms with Crippen molar-refractivity contribution < 1.29 is 4.79 Å². The number of nitrogens with one attached hydrogen (secondary N) is 1. The summed E-state index contributed by atoms with van der Waals surface area (Å²) in [5.74, 6) is 0.159. The van der Waals surface area contributed by atoms with Gasteiger partial charge in [0.1, 0.15) is 5.78 Å². The van der Waals surface area contributed by atoms with Gasteiger partial charge in [-0.05, 0) is 6.92 Å². The highest BCUT2D eigenvalue weighted by atomic mass is 35.5. The van der Waals surface area contributed by atoms with Gasteiger partial charge in [-0.15, -0.1) is 11.6 Å². The van der Waals surface area contributed by atoms with E-state index in [1.165, 1.54) is 6.92 Å². The summed E-state index contributed by atoms with van der Waals surface area (Å²) in [4.78, 5) is 9.68. The van der Waals surface area contributed by atoms with Gasteiger partial charge in [0.05, 0.1) is 12.2 Å². The van der Waals surface area contributed by atoms with Crippen LogP contribution in [0.25, 0.3) is 0 Å². The number of Topliss-reactive ketones (excluding diaryl/α,β-unsaturated/α-hetero) is 1. The molecule has 3 N–H and O–H groups in total. The van der Waals surface area contributed by atoms with Gasteiger partial charge in [0.2, 0.25) is 0 Å². The first kappa shape index (κ1) is 10.4. The van der Waals surface area contributed by atoms with Crippen LogP contribution in [0.5, 0.6) is 0 Å². The minimum atomic E-state index is 0.0201. The molecular formula is C4H9ClN2O. The van der Waals surface area contributed by atoms with Gasteiger partial charge in [-0.25, -0.2) is 0 Å². The minimum Gasteiger partial charge on any atom is -0.390 e. The standard InChI is InChI=1S/C3H5ClO.CH4N2/c1-3(5)2-4;2-1-3/h2H2,1H3;1H,(H3,2,3). The van der Waals surface area contributed by atoms with Crippen LogP contribution in [0, 0.1) is 5.41 Å². The molecule has 0 aliphatic heterocycles. The molecule has 4 heteroatoms. The van der Waals surface area contributed by atoms with E-state index in [0.717, 1.165) is 6.34 Å². The molecule has 0 spiro atoms. The summed E-state index contributed by atoms with van der Waals surface area (Å²) in [7, 11) is 0. The van der Waals surface area contributed by atoms with Crippen LogP contribution in [0.4, 0.5) is 0 Å². The summed E-state index contributed by atoms with van der Waals surface area (Å²) in [6.07, 6.45) is 0.750. The van der Waals surface area contributed by atoms with Crippen molar-refractivity contribution in [3.05, 3.63) is 0 Å². The molecule has 0 aromatic carbocycles. The van der Waals surface area contributed by atoms with Crippen molar-refractivity contribution in [1.82, 2.24) is 0 Å². The van der Waals surface area contributed by atoms with E-state index in [4.69, 9.17) is 17.0 Å². The van der Waals surface area contributed by atoms with Crippen LogP contribution in [0.2, 0.25) is 0 Å². The molecule has 0 aromatic rings. The van der Waals surface area contributed by atoms with E-state index in [9.17, 15) is 4.79 Å². The third-order valence-corrected chi connectivity index (χ3v) is 0.565. The van der Waals surface area contributed by atoms with Crippen molar-refractivity contribution in [3.8, 4) is 0 Å². The molecule has 3 nitrogen and oxygen atoms in total. The van der Waals surface area contributed by atoms with Crippen LogP contribution in [0.15, 0.2) is 0 Å². The molecule has 0 aliphatic carbocycles. The minimum absolute atomic E-state index is 0.0201. The van der Waals surface area contributed by atoms with Crippen molar-refractivity contribution in [2.45, 2.75) is 6.92 Å². The average molecular weight is 137 g/mol. The Balaban J connectivity index is 0. The molecule has 0 saturated carbocycles. The van der Waals surface area contributed by atoms with Crippen molar-refractivity contribution in [2.24, 2.45) is 5.73 Å². The van der Waals surface area contributed by atoms with Gasteiger partial charge >= 0.3 is 0 Å². The highest BCUT2D eigenvalue weighted by Gasteiger charge is 1.79. The number of halogens is 1. The molecule has 48 valence electrons. The largest absolute Gasteiger partial charge is 0.390 e.